The van der Waals surface area contributed by atoms with Crippen LogP contribution < -0.4 is 10.6 Å². The van der Waals surface area contributed by atoms with Gasteiger partial charge in [-0.05, 0) is 42.5 Å². The predicted molar refractivity (Wildman–Crippen MR) is 84.4 cm³/mol. The molecule has 0 heterocycles. The van der Waals surface area contributed by atoms with E-state index in [-0.39, 0.29) is 0 Å². The summed E-state index contributed by atoms with van der Waals surface area (Å²) in [5, 5.41) is 5.86. The van der Waals surface area contributed by atoms with Crippen LogP contribution in [0.5, 0.6) is 0 Å². The Labute approximate surface area is 136 Å². The van der Waals surface area contributed by atoms with E-state index in [2.05, 4.69) is 10.6 Å². The second kappa shape index (κ2) is 6.80. The summed E-state index contributed by atoms with van der Waals surface area (Å²) in [6.45, 7) is 0. The highest BCUT2D eigenvalue weighted by Crippen LogP contribution is 2.24. The highest BCUT2D eigenvalue weighted by atomic mass is 35.5. The third-order valence-electron chi connectivity index (χ3n) is 2.51. The number of urea groups is 1. The summed E-state index contributed by atoms with van der Waals surface area (Å²) in [4.78, 5) is 23.5. The van der Waals surface area contributed by atoms with Crippen LogP contribution in [0.15, 0.2) is 42.5 Å². The van der Waals surface area contributed by atoms with Crippen molar-refractivity contribution < 1.29 is 9.59 Å². The van der Waals surface area contributed by atoms with E-state index in [0.29, 0.717) is 26.3 Å². The van der Waals surface area contributed by atoms with E-state index in [4.69, 9.17) is 34.8 Å². The van der Waals surface area contributed by atoms with Crippen LogP contribution in [0.25, 0.3) is 0 Å². The number of carbonyl (C=O) groups excluding carboxylic acids is 2. The number of hydrogen-bond donors (Lipinski definition) is 2. The first kappa shape index (κ1) is 15.6. The van der Waals surface area contributed by atoms with Gasteiger partial charge in [0.15, 0.2) is 0 Å². The minimum Gasteiger partial charge on any atom is -0.308 e. The smallest absolute Gasteiger partial charge is 0.308 e. The van der Waals surface area contributed by atoms with Gasteiger partial charge in [-0.15, -0.1) is 0 Å². The summed E-state index contributed by atoms with van der Waals surface area (Å²) < 4.78 is 0. The first-order valence-corrected chi connectivity index (χ1v) is 6.92. The molecule has 4 nitrogen and oxygen atoms in total. The van der Waals surface area contributed by atoms with E-state index in [1.54, 1.807) is 24.3 Å². The summed E-state index contributed by atoms with van der Waals surface area (Å²) in [5.74, 6) is -0.538. The Morgan fingerprint density at radius 3 is 2.14 bits per heavy atom. The lowest BCUT2D eigenvalue weighted by atomic mass is 10.2. The molecule has 0 aromatic heterocycles. The normalized spacial score (nSPS) is 10.0. The predicted octanol–water partition coefficient (Wildman–Crippen LogP) is 4.61. The van der Waals surface area contributed by atoms with Gasteiger partial charge in [0.25, 0.3) is 5.91 Å². The second-order valence-corrected chi connectivity index (χ2v) is 5.29. The maximum Gasteiger partial charge on any atom is 0.326 e. The van der Waals surface area contributed by atoms with Crippen LogP contribution in [-0.4, -0.2) is 11.9 Å². The van der Waals surface area contributed by atoms with Crippen molar-refractivity contribution in [2.45, 2.75) is 0 Å². The number of halogens is 3. The van der Waals surface area contributed by atoms with Crippen molar-refractivity contribution in [2.24, 2.45) is 0 Å². The largest absolute Gasteiger partial charge is 0.326 e. The van der Waals surface area contributed by atoms with Gasteiger partial charge in [0.2, 0.25) is 0 Å². The van der Waals surface area contributed by atoms with E-state index >= 15 is 0 Å². The number of anilines is 1. The fraction of sp³-hybridized carbons (Fsp3) is 0. The van der Waals surface area contributed by atoms with E-state index in [9.17, 15) is 9.59 Å². The highest BCUT2D eigenvalue weighted by molar-refractivity contribution is 6.42. The van der Waals surface area contributed by atoms with Crippen LogP contribution in [0, 0.1) is 0 Å². The van der Waals surface area contributed by atoms with Crippen LogP contribution in [0.1, 0.15) is 10.4 Å². The summed E-state index contributed by atoms with van der Waals surface area (Å²) in [6, 6.07) is 10.1. The zero-order chi connectivity index (χ0) is 15.4. The quantitative estimate of drug-likeness (QED) is 0.836. The summed E-state index contributed by atoms with van der Waals surface area (Å²) in [5.41, 5.74) is 0.745. The SMILES string of the molecule is O=C(NC(=O)c1ccc(Cl)cc1)Nc1ccc(Cl)c(Cl)c1. The summed E-state index contributed by atoms with van der Waals surface area (Å²) in [6.07, 6.45) is 0. The first-order valence-electron chi connectivity index (χ1n) is 5.78. The number of carbonyl (C=O) groups is 2. The molecule has 0 bridgehead atoms. The third kappa shape index (κ3) is 4.36. The zero-order valence-corrected chi connectivity index (χ0v) is 12.8. The zero-order valence-electron chi connectivity index (χ0n) is 10.5. The molecule has 0 saturated carbocycles. The van der Waals surface area contributed by atoms with Gasteiger partial charge in [-0.25, -0.2) is 4.79 Å². The maximum absolute atomic E-state index is 11.8. The summed E-state index contributed by atoms with van der Waals surface area (Å²) in [7, 11) is 0. The van der Waals surface area contributed by atoms with Crippen molar-refractivity contribution in [2.75, 3.05) is 5.32 Å². The van der Waals surface area contributed by atoms with Gasteiger partial charge in [0.05, 0.1) is 10.0 Å². The average Bonchev–Trinajstić information content (AvgIpc) is 2.43. The Kier molecular flexibility index (Phi) is 5.07. The van der Waals surface area contributed by atoms with Gasteiger partial charge in [0.1, 0.15) is 0 Å². The Morgan fingerprint density at radius 2 is 1.52 bits per heavy atom. The van der Waals surface area contributed by atoms with Gasteiger partial charge in [0, 0.05) is 16.3 Å². The van der Waals surface area contributed by atoms with Gasteiger partial charge >= 0.3 is 6.03 Å². The number of hydrogen-bond acceptors (Lipinski definition) is 2. The molecule has 0 saturated heterocycles. The van der Waals surface area contributed by atoms with Crippen molar-refractivity contribution in [1.29, 1.82) is 0 Å². The van der Waals surface area contributed by atoms with Crippen molar-refractivity contribution in [1.82, 2.24) is 5.32 Å². The van der Waals surface area contributed by atoms with Crippen LogP contribution in [0.3, 0.4) is 0 Å². The van der Waals surface area contributed by atoms with Gasteiger partial charge in [-0.3, -0.25) is 10.1 Å². The van der Waals surface area contributed by atoms with Crippen molar-refractivity contribution >= 4 is 52.4 Å². The molecule has 2 aromatic carbocycles. The lowest BCUT2D eigenvalue weighted by Gasteiger charge is -2.07. The molecule has 0 aliphatic rings. The molecule has 0 aliphatic heterocycles. The number of amides is 3. The van der Waals surface area contributed by atoms with Crippen molar-refractivity contribution in [3.05, 3.63) is 63.1 Å². The molecule has 2 N–H and O–H groups in total. The molecule has 7 heteroatoms. The summed E-state index contributed by atoms with van der Waals surface area (Å²) >= 11 is 17.3. The molecule has 2 aromatic rings. The molecular formula is C14H9Cl3N2O2. The molecule has 0 fully saturated rings. The molecule has 3 amide bonds. The van der Waals surface area contributed by atoms with Crippen LogP contribution in [0.2, 0.25) is 15.1 Å². The monoisotopic (exact) mass is 342 g/mol. The lowest BCUT2D eigenvalue weighted by Crippen LogP contribution is -2.34. The van der Waals surface area contributed by atoms with Crippen LogP contribution >= 0.6 is 34.8 Å². The van der Waals surface area contributed by atoms with Crippen LogP contribution in [-0.2, 0) is 0 Å². The maximum atomic E-state index is 11.8. The van der Waals surface area contributed by atoms with Gasteiger partial charge in [-0.1, -0.05) is 34.8 Å². The Morgan fingerprint density at radius 1 is 0.857 bits per heavy atom. The highest BCUT2D eigenvalue weighted by Gasteiger charge is 2.10. The topological polar surface area (TPSA) is 58.2 Å². The number of imide groups is 1. The molecular weight excluding hydrogens is 335 g/mol. The van der Waals surface area contributed by atoms with E-state index in [1.807, 2.05) is 0 Å². The molecule has 0 unspecified atom stereocenters. The van der Waals surface area contributed by atoms with Crippen molar-refractivity contribution in [3.8, 4) is 0 Å². The molecule has 0 radical (unpaired) electrons. The number of rotatable bonds is 2. The minimum atomic E-state index is -0.673. The Balaban J connectivity index is 1.99. The molecule has 0 atom stereocenters. The standard InChI is InChI=1S/C14H9Cl3N2O2/c15-9-3-1-8(2-4-9)13(20)19-14(21)18-10-5-6-11(16)12(17)7-10/h1-7H,(H2,18,19,20,21). The molecule has 0 aliphatic carbocycles. The number of nitrogens with one attached hydrogen (secondary N) is 2. The Hall–Kier alpha value is -1.75. The van der Waals surface area contributed by atoms with Crippen LogP contribution in [0.4, 0.5) is 10.5 Å². The second-order valence-electron chi connectivity index (χ2n) is 4.04. The lowest BCUT2D eigenvalue weighted by molar-refractivity contribution is 0.0967. The van der Waals surface area contributed by atoms with Gasteiger partial charge < -0.3 is 5.32 Å². The molecule has 21 heavy (non-hydrogen) atoms. The Bertz CT molecular complexity index is 687. The molecule has 108 valence electrons. The van der Waals surface area contributed by atoms with E-state index in [0.717, 1.165) is 0 Å². The fourth-order valence-electron chi connectivity index (χ4n) is 1.51. The third-order valence-corrected chi connectivity index (χ3v) is 3.50. The molecule has 0 spiro atoms. The van der Waals surface area contributed by atoms with E-state index < -0.39 is 11.9 Å². The molecule has 2 rings (SSSR count). The number of benzene rings is 2. The minimum absolute atomic E-state index is 0.304. The van der Waals surface area contributed by atoms with Crippen molar-refractivity contribution in [3.63, 3.8) is 0 Å². The average molecular weight is 344 g/mol. The van der Waals surface area contributed by atoms with Gasteiger partial charge in [-0.2, -0.15) is 0 Å². The van der Waals surface area contributed by atoms with E-state index in [1.165, 1.54) is 18.2 Å². The fourth-order valence-corrected chi connectivity index (χ4v) is 1.94. The first-order chi connectivity index (χ1) is 9.95.